The van der Waals surface area contributed by atoms with Crippen molar-refractivity contribution in [2.75, 3.05) is 11.9 Å². The lowest BCUT2D eigenvalue weighted by Gasteiger charge is -2.26. The van der Waals surface area contributed by atoms with Crippen molar-refractivity contribution in [3.8, 4) is 5.75 Å². The van der Waals surface area contributed by atoms with Crippen LogP contribution in [0.4, 0.5) is 10.5 Å². The van der Waals surface area contributed by atoms with E-state index in [0.717, 1.165) is 26.7 Å². The molecule has 2 aromatic carbocycles. The molecule has 0 aromatic heterocycles. The summed E-state index contributed by atoms with van der Waals surface area (Å²) >= 11 is 6.82. The van der Waals surface area contributed by atoms with E-state index in [1.54, 1.807) is 0 Å². The van der Waals surface area contributed by atoms with E-state index in [4.69, 9.17) is 4.74 Å². The van der Waals surface area contributed by atoms with Gasteiger partial charge in [0.25, 0.3) is 0 Å². The Labute approximate surface area is 145 Å². The largest absolute Gasteiger partial charge is 0.493 e. The molecule has 1 heterocycles. The maximum absolute atomic E-state index is 12.3. The van der Waals surface area contributed by atoms with E-state index >= 15 is 0 Å². The van der Waals surface area contributed by atoms with Crippen molar-refractivity contribution in [2.24, 2.45) is 0 Å². The molecule has 2 aromatic rings. The Hall–Kier alpha value is -1.53. The lowest BCUT2D eigenvalue weighted by atomic mass is 10.0. The molecule has 1 unspecified atom stereocenters. The highest BCUT2D eigenvalue weighted by atomic mass is 79.9. The Morgan fingerprint density at radius 3 is 2.86 bits per heavy atom. The first-order valence-corrected chi connectivity index (χ1v) is 8.46. The predicted molar refractivity (Wildman–Crippen MR) is 93.3 cm³/mol. The molecule has 0 aliphatic carbocycles. The number of rotatable bonds is 2. The lowest BCUT2D eigenvalue weighted by molar-refractivity contribution is 0.232. The number of nitrogens with one attached hydrogen (secondary N) is 2. The number of hydrogen-bond donors (Lipinski definition) is 2. The van der Waals surface area contributed by atoms with Crippen molar-refractivity contribution < 1.29 is 9.53 Å². The highest BCUT2D eigenvalue weighted by molar-refractivity contribution is 9.11. The van der Waals surface area contributed by atoms with Gasteiger partial charge in [-0.25, -0.2) is 4.79 Å². The smallest absolute Gasteiger partial charge is 0.319 e. The SMILES string of the molecule is O=C(Nc1cc(Br)ccc1Br)NC1CCOc2ccccc21. The maximum atomic E-state index is 12.3. The zero-order valence-electron chi connectivity index (χ0n) is 11.6. The molecule has 22 heavy (non-hydrogen) atoms. The summed E-state index contributed by atoms with van der Waals surface area (Å²) in [6.07, 6.45) is 0.754. The molecule has 1 aliphatic heterocycles. The number of ether oxygens (including phenoxy) is 1. The molecule has 114 valence electrons. The van der Waals surface area contributed by atoms with Crippen molar-refractivity contribution in [3.63, 3.8) is 0 Å². The molecule has 1 atom stereocenters. The number of halogens is 2. The maximum Gasteiger partial charge on any atom is 0.319 e. The second-order valence-corrected chi connectivity index (χ2v) is 6.72. The molecule has 0 spiro atoms. The fourth-order valence-electron chi connectivity index (χ4n) is 2.40. The quantitative estimate of drug-likeness (QED) is 0.721. The van der Waals surface area contributed by atoms with Crippen LogP contribution in [0, 0.1) is 0 Å². The average Bonchev–Trinajstić information content (AvgIpc) is 2.51. The van der Waals surface area contributed by atoms with Crippen molar-refractivity contribution >= 4 is 43.6 Å². The number of anilines is 1. The molecule has 2 N–H and O–H groups in total. The van der Waals surface area contributed by atoms with Gasteiger partial charge in [-0.05, 0) is 40.2 Å². The van der Waals surface area contributed by atoms with Gasteiger partial charge in [0.1, 0.15) is 5.75 Å². The van der Waals surface area contributed by atoms with Gasteiger partial charge < -0.3 is 15.4 Å². The fourth-order valence-corrected chi connectivity index (χ4v) is 3.11. The van der Waals surface area contributed by atoms with Crippen molar-refractivity contribution in [2.45, 2.75) is 12.5 Å². The van der Waals surface area contributed by atoms with Gasteiger partial charge >= 0.3 is 6.03 Å². The van der Waals surface area contributed by atoms with Crippen LogP contribution >= 0.6 is 31.9 Å². The second kappa shape index (κ2) is 6.71. The molecule has 0 radical (unpaired) electrons. The normalized spacial score (nSPS) is 16.4. The number of benzene rings is 2. The number of fused-ring (bicyclic) bond motifs is 1. The van der Waals surface area contributed by atoms with Crippen LogP contribution in [0.3, 0.4) is 0 Å². The van der Waals surface area contributed by atoms with Crippen LogP contribution < -0.4 is 15.4 Å². The molecule has 0 fully saturated rings. The third kappa shape index (κ3) is 3.44. The van der Waals surface area contributed by atoms with Crippen molar-refractivity contribution in [3.05, 3.63) is 57.0 Å². The Kier molecular flexibility index (Phi) is 4.69. The van der Waals surface area contributed by atoms with Gasteiger partial charge in [0.05, 0.1) is 18.3 Å². The van der Waals surface area contributed by atoms with Gasteiger partial charge in [-0.1, -0.05) is 34.1 Å². The number of para-hydroxylation sites is 1. The van der Waals surface area contributed by atoms with E-state index in [1.807, 2.05) is 42.5 Å². The monoisotopic (exact) mass is 424 g/mol. The summed E-state index contributed by atoms with van der Waals surface area (Å²) in [6.45, 7) is 0.600. The van der Waals surface area contributed by atoms with Gasteiger partial charge in [-0.15, -0.1) is 0 Å². The van der Waals surface area contributed by atoms with E-state index < -0.39 is 0 Å². The van der Waals surface area contributed by atoms with E-state index in [0.29, 0.717) is 12.3 Å². The van der Waals surface area contributed by atoms with Crippen LogP contribution in [0.15, 0.2) is 51.4 Å². The number of amides is 2. The molecule has 0 saturated heterocycles. The third-order valence-electron chi connectivity index (χ3n) is 3.44. The van der Waals surface area contributed by atoms with Crippen LogP contribution in [-0.2, 0) is 0 Å². The summed E-state index contributed by atoms with van der Waals surface area (Å²) in [6, 6.07) is 13.1. The lowest BCUT2D eigenvalue weighted by Crippen LogP contribution is -2.35. The Morgan fingerprint density at radius 2 is 2.00 bits per heavy atom. The van der Waals surface area contributed by atoms with E-state index in [-0.39, 0.29) is 12.1 Å². The first kappa shape index (κ1) is 15.4. The first-order valence-electron chi connectivity index (χ1n) is 6.88. The molecular weight excluding hydrogens is 412 g/mol. The zero-order valence-corrected chi connectivity index (χ0v) is 14.8. The van der Waals surface area contributed by atoms with Crippen molar-refractivity contribution in [1.29, 1.82) is 0 Å². The number of carbonyl (C=O) groups is 1. The van der Waals surface area contributed by atoms with Crippen LogP contribution in [0.25, 0.3) is 0 Å². The average molecular weight is 426 g/mol. The Bertz CT molecular complexity index is 706. The van der Waals surface area contributed by atoms with Gasteiger partial charge in [0, 0.05) is 20.9 Å². The van der Waals surface area contributed by atoms with E-state index in [9.17, 15) is 4.79 Å². The second-order valence-electron chi connectivity index (χ2n) is 4.95. The molecule has 0 bridgehead atoms. The van der Waals surface area contributed by atoms with Crippen LogP contribution in [0.2, 0.25) is 0 Å². The minimum atomic E-state index is -0.236. The van der Waals surface area contributed by atoms with Crippen LogP contribution in [0.1, 0.15) is 18.0 Å². The first-order chi connectivity index (χ1) is 10.6. The predicted octanol–water partition coefficient (Wildman–Crippen LogP) is 4.86. The van der Waals surface area contributed by atoms with Crippen LogP contribution in [-0.4, -0.2) is 12.6 Å². The van der Waals surface area contributed by atoms with E-state index in [1.165, 1.54) is 0 Å². The number of urea groups is 1. The molecular formula is C16H14Br2N2O2. The highest BCUT2D eigenvalue weighted by Gasteiger charge is 2.22. The molecule has 3 rings (SSSR count). The molecule has 4 nitrogen and oxygen atoms in total. The van der Waals surface area contributed by atoms with Crippen molar-refractivity contribution in [1.82, 2.24) is 5.32 Å². The third-order valence-corrected chi connectivity index (χ3v) is 4.63. The van der Waals surface area contributed by atoms with Gasteiger partial charge in [-0.2, -0.15) is 0 Å². The van der Waals surface area contributed by atoms with E-state index in [2.05, 4.69) is 42.5 Å². The van der Waals surface area contributed by atoms with Crippen LogP contribution in [0.5, 0.6) is 5.75 Å². The summed E-state index contributed by atoms with van der Waals surface area (Å²) < 4.78 is 7.34. The number of hydrogen-bond acceptors (Lipinski definition) is 2. The van der Waals surface area contributed by atoms with Gasteiger partial charge in [0.15, 0.2) is 0 Å². The summed E-state index contributed by atoms with van der Waals surface area (Å²) in [5.41, 5.74) is 1.73. The summed E-state index contributed by atoms with van der Waals surface area (Å²) in [5.74, 6) is 0.836. The summed E-state index contributed by atoms with van der Waals surface area (Å²) in [4.78, 5) is 12.3. The highest BCUT2D eigenvalue weighted by Crippen LogP contribution is 2.32. The molecule has 2 amide bonds. The fraction of sp³-hybridized carbons (Fsp3) is 0.188. The summed E-state index contributed by atoms with van der Waals surface area (Å²) in [7, 11) is 0. The van der Waals surface area contributed by atoms with Gasteiger partial charge in [0.2, 0.25) is 0 Å². The minimum Gasteiger partial charge on any atom is -0.493 e. The van der Waals surface area contributed by atoms with Gasteiger partial charge in [-0.3, -0.25) is 0 Å². The molecule has 1 aliphatic rings. The number of carbonyl (C=O) groups excluding carboxylic acids is 1. The Morgan fingerprint density at radius 1 is 1.18 bits per heavy atom. The topological polar surface area (TPSA) is 50.4 Å². The minimum absolute atomic E-state index is 0.0455. The molecule has 6 heteroatoms. The standard InChI is InChI=1S/C16H14Br2N2O2/c17-10-5-6-12(18)14(9-10)20-16(21)19-13-7-8-22-15-4-2-1-3-11(13)15/h1-6,9,13H,7-8H2,(H2,19,20,21). The molecule has 0 saturated carbocycles. The Balaban J connectivity index is 1.72. The zero-order chi connectivity index (χ0) is 15.5. The summed E-state index contributed by atoms with van der Waals surface area (Å²) in [5, 5.41) is 5.87.